The normalized spacial score (nSPS) is 28.4. The minimum Gasteiger partial charge on any atom is -0.375 e. The molecule has 2 N–H and O–H groups in total. The van der Waals surface area contributed by atoms with E-state index < -0.39 is 0 Å². The first-order valence-electron chi connectivity index (χ1n) is 7.23. The van der Waals surface area contributed by atoms with E-state index in [2.05, 4.69) is 26.9 Å². The monoisotopic (exact) mass is 358 g/mol. The summed E-state index contributed by atoms with van der Waals surface area (Å²) in [5.41, 5.74) is 7.20. The number of nitrogens with zero attached hydrogens (tertiary/aromatic N) is 1. The van der Waals surface area contributed by atoms with Gasteiger partial charge in [0, 0.05) is 34.7 Å². The van der Waals surface area contributed by atoms with Gasteiger partial charge in [0.15, 0.2) is 0 Å². The molecule has 20 heavy (non-hydrogen) atoms. The van der Waals surface area contributed by atoms with Crippen LogP contribution in [-0.4, -0.2) is 36.7 Å². The molecule has 1 aliphatic carbocycles. The minimum absolute atomic E-state index is 0.175. The van der Waals surface area contributed by atoms with E-state index >= 15 is 0 Å². The van der Waals surface area contributed by atoms with E-state index in [-0.39, 0.29) is 6.04 Å². The largest absolute Gasteiger partial charge is 0.375 e. The van der Waals surface area contributed by atoms with Crippen molar-refractivity contribution in [2.45, 2.75) is 37.5 Å². The third-order valence-electron chi connectivity index (χ3n) is 4.47. The molecule has 0 aromatic heterocycles. The fourth-order valence-electron chi connectivity index (χ4n) is 3.55. The molecule has 0 radical (unpaired) electrons. The molecule has 1 aliphatic heterocycles. The number of nitrogens with two attached hydrogens (primary N) is 1. The number of rotatable bonds is 3. The van der Waals surface area contributed by atoms with Gasteiger partial charge >= 0.3 is 0 Å². The Bertz CT molecular complexity index is 485. The fourth-order valence-corrected chi connectivity index (χ4v) is 4.18. The van der Waals surface area contributed by atoms with Crippen molar-refractivity contribution in [1.82, 2.24) is 4.90 Å². The fraction of sp³-hybridized carbons (Fsp3) is 0.600. The maximum Gasteiger partial charge on any atom is 0.0731 e. The molecular weight excluding hydrogens is 340 g/mol. The summed E-state index contributed by atoms with van der Waals surface area (Å²) in [6.07, 6.45) is 4.00. The number of benzene rings is 1. The molecule has 5 heteroatoms. The summed E-state index contributed by atoms with van der Waals surface area (Å²) in [5.74, 6) is 0. The van der Waals surface area contributed by atoms with E-state index in [4.69, 9.17) is 22.1 Å². The Morgan fingerprint density at radius 1 is 1.45 bits per heavy atom. The number of ether oxygens (including phenoxy) is 1. The van der Waals surface area contributed by atoms with Crippen molar-refractivity contribution in [2.24, 2.45) is 5.73 Å². The van der Waals surface area contributed by atoms with Crippen molar-refractivity contribution in [3.05, 3.63) is 33.3 Å². The van der Waals surface area contributed by atoms with Crippen molar-refractivity contribution >= 4 is 27.5 Å². The van der Waals surface area contributed by atoms with Gasteiger partial charge in [0.2, 0.25) is 0 Å². The van der Waals surface area contributed by atoms with Crippen LogP contribution in [-0.2, 0) is 4.74 Å². The topological polar surface area (TPSA) is 38.5 Å². The summed E-state index contributed by atoms with van der Waals surface area (Å²) in [4.78, 5) is 2.51. The number of fused-ring (bicyclic) bond motifs is 1. The highest BCUT2D eigenvalue weighted by Crippen LogP contribution is 2.37. The Morgan fingerprint density at radius 3 is 3.10 bits per heavy atom. The van der Waals surface area contributed by atoms with E-state index in [9.17, 15) is 0 Å². The molecule has 1 saturated carbocycles. The van der Waals surface area contributed by atoms with Crippen LogP contribution in [0.25, 0.3) is 0 Å². The second-order valence-corrected chi connectivity index (χ2v) is 6.89. The molecule has 3 nitrogen and oxygen atoms in total. The molecule has 1 aromatic rings. The first-order valence-corrected chi connectivity index (χ1v) is 8.40. The first kappa shape index (κ1) is 14.8. The lowest BCUT2D eigenvalue weighted by molar-refractivity contribution is -0.0711. The number of morpholine rings is 1. The lowest BCUT2D eigenvalue weighted by Gasteiger charge is -2.42. The van der Waals surface area contributed by atoms with Crippen LogP contribution in [0.3, 0.4) is 0 Å². The molecular formula is C15H20BrClN2O. The van der Waals surface area contributed by atoms with E-state index in [1.807, 2.05) is 12.1 Å². The summed E-state index contributed by atoms with van der Waals surface area (Å²) in [6.45, 7) is 2.31. The van der Waals surface area contributed by atoms with Gasteiger partial charge in [0.1, 0.15) is 0 Å². The van der Waals surface area contributed by atoms with Crippen molar-refractivity contribution in [1.29, 1.82) is 0 Å². The second kappa shape index (κ2) is 6.32. The summed E-state index contributed by atoms with van der Waals surface area (Å²) >= 11 is 9.93. The Kier molecular flexibility index (Phi) is 4.68. The van der Waals surface area contributed by atoms with Gasteiger partial charge in [-0.05, 0) is 43.0 Å². The molecule has 3 unspecified atom stereocenters. The standard InChI is InChI=1S/C15H20BrClN2O/c16-10-4-5-12(17)11(8-10)14(9-18)19-6-7-20-15-3-1-2-13(15)19/h4-5,8,13-15H,1-3,6-7,9,18H2. The molecule has 1 aromatic carbocycles. The first-order chi connectivity index (χ1) is 9.70. The van der Waals surface area contributed by atoms with Crippen molar-refractivity contribution in [2.75, 3.05) is 19.7 Å². The Labute approximate surface area is 133 Å². The average Bonchev–Trinajstić information content (AvgIpc) is 2.92. The van der Waals surface area contributed by atoms with Gasteiger partial charge in [-0.1, -0.05) is 27.5 Å². The molecule has 0 amide bonds. The lowest BCUT2D eigenvalue weighted by Crippen LogP contribution is -2.51. The molecule has 1 heterocycles. The Hall–Kier alpha value is -0.130. The zero-order chi connectivity index (χ0) is 14.1. The van der Waals surface area contributed by atoms with Crippen molar-refractivity contribution < 1.29 is 4.74 Å². The highest BCUT2D eigenvalue weighted by Gasteiger charge is 2.39. The van der Waals surface area contributed by atoms with Gasteiger partial charge in [-0.15, -0.1) is 0 Å². The number of halogens is 2. The third kappa shape index (κ3) is 2.77. The number of hydrogen-bond donors (Lipinski definition) is 1. The van der Waals surface area contributed by atoms with E-state index in [0.29, 0.717) is 18.7 Å². The molecule has 2 fully saturated rings. The van der Waals surface area contributed by atoms with Crippen LogP contribution >= 0.6 is 27.5 Å². The SMILES string of the molecule is NCC(c1cc(Br)ccc1Cl)N1CCOC2CCCC21. The maximum atomic E-state index is 6.40. The summed E-state index contributed by atoms with van der Waals surface area (Å²) < 4.78 is 6.94. The molecule has 3 rings (SSSR count). The predicted octanol–water partition coefficient (Wildman–Crippen LogP) is 3.36. The van der Waals surface area contributed by atoms with Gasteiger partial charge in [0.25, 0.3) is 0 Å². The van der Waals surface area contributed by atoms with Crippen molar-refractivity contribution in [3.63, 3.8) is 0 Å². The van der Waals surface area contributed by atoms with Gasteiger partial charge in [0.05, 0.1) is 12.7 Å². The summed E-state index contributed by atoms with van der Waals surface area (Å²) in [5, 5.41) is 0.796. The summed E-state index contributed by atoms with van der Waals surface area (Å²) in [7, 11) is 0. The second-order valence-electron chi connectivity index (χ2n) is 5.56. The third-order valence-corrected chi connectivity index (χ3v) is 5.30. The van der Waals surface area contributed by atoms with Crippen molar-refractivity contribution in [3.8, 4) is 0 Å². The van der Waals surface area contributed by atoms with E-state index in [0.717, 1.165) is 28.2 Å². The molecule has 3 atom stereocenters. The molecule has 1 saturated heterocycles. The highest BCUT2D eigenvalue weighted by atomic mass is 79.9. The zero-order valence-corrected chi connectivity index (χ0v) is 13.7. The van der Waals surface area contributed by atoms with Crippen LogP contribution in [0.4, 0.5) is 0 Å². The van der Waals surface area contributed by atoms with E-state index in [1.54, 1.807) is 0 Å². The molecule has 2 aliphatic rings. The van der Waals surface area contributed by atoms with Crippen LogP contribution in [0.5, 0.6) is 0 Å². The van der Waals surface area contributed by atoms with Gasteiger partial charge in [-0.3, -0.25) is 4.90 Å². The average molecular weight is 360 g/mol. The highest BCUT2D eigenvalue weighted by molar-refractivity contribution is 9.10. The Morgan fingerprint density at radius 2 is 2.30 bits per heavy atom. The minimum atomic E-state index is 0.175. The quantitative estimate of drug-likeness (QED) is 0.899. The maximum absolute atomic E-state index is 6.40. The van der Waals surface area contributed by atoms with Crippen LogP contribution in [0.1, 0.15) is 30.9 Å². The van der Waals surface area contributed by atoms with Gasteiger partial charge < -0.3 is 10.5 Å². The predicted molar refractivity (Wildman–Crippen MR) is 85.0 cm³/mol. The van der Waals surface area contributed by atoms with E-state index in [1.165, 1.54) is 19.3 Å². The van der Waals surface area contributed by atoms with Crippen LogP contribution < -0.4 is 5.73 Å². The zero-order valence-electron chi connectivity index (χ0n) is 11.4. The van der Waals surface area contributed by atoms with Gasteiger partial charge in [-0.25, -0.2) is 0 Å². The van der Waals surface area contributed by atoms with Crippen LogP contribution in [0.2, 0.25) is 5.02 Å². The van der Waals surface area contributed by atoms with Crippen LogP contribution in [0, 0.1) is 0 Å². The Balaban J connectivity index is 1.90. The molecule has 0 spiro atoms. The smallest absolute Gasteiger partial charge is 0.0731 e. The summed E-state index contributed by atoms with van der Waals surface area (Å²) in [6, 6.07) is 6.67. The number of hydrogen-bond acceptors (Lipinski definition) is 3. The van der Waals surface area contributed by atoms with Crippen LogP contribution in [0.15, 0.2) is 22.7 Å². The lowest BCUT2D eigenvalue weighted by atomic mass is 10.0. The van der Waals surface area contributed by atoms with Gasteiger partial charge in [-0.2, -0.15) is 0 Å². The molecule has 0 bridgehead atoms. The molecule has 110 valence electrons.